The van der Waals surface area contributed by atoms with Crippen LogP contribution in [0, 0.1) is 0 Å². The zero-order valence-electron chi connectivity index (χ0n) is 12.2. The van der Waals surface area contributed by atoms with Crippen molar-refractivity contribution in [3.8, 4) is 0 Å². The van der Waals surface area contributed by atoms with E-state index >= 15 is 0 Å². The molecule has 0 aliphatic rings. The minimum absolute atomic E-state index is 0.477. The predicted molar refractivity (Wildman–Crippen MR) is 81.6 cm³/mol. The van der Waals surface area contributed by atoms with E-state index in [0.29, 0.717) is 12.0 Å². The topological polar surface area (TPSA) is 29.9 Å². The molecule has 104 valence electrons. The van der Waals surface area contributed by atoms with Crippen LogP contribution in [0.3, 0.4) is 0 Å². The zero-order valence-corrected chi connectivity index (χ0v) is 13.0. The highest BCUT2D eigenvalue weighted by atomic mass is 32.1. The van der Waals surface area contributed by atoms with Crippen molar-refractivity contribution in [1.82, 2.24) is 15.1 Å². The standard InChI is InChI=1S/C15H23N3S/c1-11(2)15-14(9-18(4)17-15)8-16-12(3)7-13-5-6-19-10-13/h5-6,9-12,16H,7-8H2,1-4H3. The first-order valence-electron chi connectivity index (χ1n) is 6.83. The number of hydrogen-bond acceptors (Lipinski definition) is 3. The Hall–Kier alpha value is -1.13. The van der Waals surface area contributed by atoms with Gasteiger partial charge in [-0.25, -0.2) is 0 Å². The Morgan fingerprint density at radius 3 is 2.79 bits per heavy atom. The highest BCUT2D eigenvalue weighted by Crippen LogP contribution is 2.17. The molecule has 1 unspecified atom stereocenters. The molecule has 0 saturated carbocycles. The summed E-state index contributed by atoms with van der Waals surface area (Å²) in [6.07, 6.45) is 3.21. The lowest BCUT2D eigenvalue weighted by atomic mass is 10.1. The average Bonchev–Trinajstić information content (AvgIpc) is 2.96. The molecule has 0 aliphatic carbocycles. The molecule has 0 bridgehead atoms. The molecular formula is C15H23N3S. The molecule has 3 nitrogen and oxygen atoms in total. The lowest BCUT2D eigenvalue weighted by Gasteiger charge is -2.13. The minimum Gasteiger partial charge on any atom is -0.310 e. The van der Waals surface area contributed by atoms with Crippen LogP contribution in [0.1, 0.15) is 43.5 Å². The smallest absolute Gasteiger partial charge is 0.0694 e. The van der Waals surface area contributed by atoms with Crippen molar-refractivity contribution in [3.63, 3.8) is 0 Å². The first-order chi connectivity index (χ1) is 9.06. The second kappa shape index (κ2) is 6.35. The van der Waals surface area contributed by atoms with E-state index in [1.807, 2.05) is 11.7 Å². The van der Waals surface area contributed by atoms with Crippen molar-refractivity contribution in [3.05, 3.63) is 39.8 Å². The largest absolute Gasteiger partial charge is 0.310 e. The van der Waals surface area contributed by atoms with Gasteiger partial charge in [0.25, 0.3) is 0 Å². The highest BCUT2D eigenvalue weighted by Gasteiger charge is 2.12. The zero-order chi connectivity index (χ0) is 13.8. The van der Waals surface area contributed by atoms with Gasteiger partial charge in [-0.2, -0.15) is 16.4 Å². The number of rotatable bonds is 6. The summed E-state index contributed by atoms with van der Waals surface area (Å²) in [7, 11) is 1.99. The van der Waals surface area contributed by atoms with Gasteiger partial charge in [0.15, 0.2) is 0 Å². The summed E-state index contributed by atoms with van der Waals surface area (Å²) in [4.78, 5) is 0. The van der Waals surface area contributed by atoms with Crippen LogP contribution in [-0.4, -0.2) is 15.8 Å². The summed E-state index contributed by atoms with van der Waals surface area (Å²) in [6.45, 7) is 7.52. The molecule has 0 fully saturated rings. The molecule has 0 spiro atoms. The summed E-state index contributed by atoms with van der Waals surface area (Å²) in [5, 5.41) is 12.5. The lowest BCUT2D eigenvalue weighted by molar-refractivity contribution is 0.543. The molecule has 0 aromatic carbocycles. The highest BCUT2D eigenvalue weighted by molar-refractivity contribution is 7.07. The Morgan fingerprint density at radius 2 is 2.16 bits per heavy atom. The molecule has 0 aliphatic heterocycles. The molecule has 1 N–H and O–H groups in total. The lowest BCUT2D eigenvalue weighted by Crippen LogP contribution is -2.27. The van der Waals surface area contributed by atoms with Gasteiger partial charge in [-0.15, -0.1) is 0 Å². The molecule has 2 heterocycles. The maximum atomic E-state index is 4.54. The van der Waals surface area contributed by atoms with E-state index in [2.05, 4.69) is 54.2 Å². The quantitative estimate of drug-likeness (QED) is 0.878. The van der Waals surface area contributed by atoms with E-state index in [9.17, 15) is 0 Å². The third-order valence-electron chi connectivity index (χ3n) is 3.25. The molecule has 0 saturated heterocycles. The van der Waals surface area contributed by atoms with Gasteiger partial charge in [0, 0.05) is 31.4 Å². The Kier molecular flexibility index (Phi) is 4.77. The molecule has 19 heavy (non-hydrogen) atoms. The number of aromatic nitrogens is 2. The van der Waals surface area contributed by atoms with Crippen LogP contribution in [0.2, 0.25) is 0 Å². The second-order valence-corrected chi connectivity index (χ2v) is 6.27. The summed E-state index contributed by atoms with van der Waals surface area (Å²) < 4.78 is 1.91. The summed E-state index contributed by atoms with van der Waals surface area (Å²) >= 11 is 1.76. The fourth-order valence-corrected chi connectivity index (χ4v) is 2.98. The normalized spacial score (nSPS) is 13.1. The van der Waals surface area contributed by atoms with E-state index < -0.39 is 0 Å². The number of aryl methyl sites for hydroxylation is 1. The Bertz CT molecular complexity index is 499. The van der Waals surface area contributed by atoms with Gasteiger partial charge in [0.05, 0.1) is 5.69 Å². The molecular weight excluding hydrogens is 254 g/mol. The van der Waals surface area contributed by atoms with Crippen LogP contribution in [0.25, 0.3) is 0 Å². The number of nitrogens with zero attached hydrogens (tertiary/aromatic N) is 2. The van der Waals surface area contributed by atoms with Crippen molar-refractivity contribution in [2.75, 3.05) is 0 Å². The van der Waals surface area contributed by atoms with Crippen molar-refractivity contribution in [2.45, 2.75) is 45.7 Å². The number of nitrogens with one attached hydrogen (secondary N) is 1. The molecule has 0 amide bonds. The first-order valence-corrected chi connectivity index (χ1v) is 7.77. The fourth-order valence-electron chi connectivity index (χ4n) is 2.30. The summed E-state index contributed by atoms with van der Waals surface area (Å²) in [5.74, 6) is 0.477. The predicted octanol–water partition coefficient (Wildman–Crippen LogP) is 3.33. The van der Waals surface area contributed by atoms with Gasteiger partial charge < -0.3 is 5.32 Å². The minimum atomic E-state index is 0.477. The van der Waals surface area contributed by atoms with Crippen molar-refractivity contribution in [1.29, 1.82) is 0 Å². The average molecular weight is 277 g/mol. The maximum absolute atomic E-state index is 4.54. The number of hydrogen-bond donors (Lipinski definition) is 1. The molecule has 2 rings (SSSR count). The van der Waals surface area contributed by atoms with Crippen molar-refractivity contribution >= 4 is 11.3 Å². The van der Waals surface area contributed by atoms with E-state index in [0.717, 1.165) is 13.0 Å². The van der Waals surface area contributed by atoms with Gasteiger partial charge in [-0.1, -0.05) is 13.8 Å². The van der Waals surface area contributed by atoms with Crippen LogP contribution in [0.15, 0.2) is 23.0 Å². The van der Waals surface area contributed by atoms with Crippen LogP contribution < -0.4 is 5.32 Å². The van der Waals surface area contributed by atoms with E-state index in [4.69, 9.17) is 0 Å². The van der Waals surface area contributed by atoms with Crippen LogP contribution >= 0.6 is 11.3 Å². The van der Waals surface area contributed by atoms with Crippen LogP contribution in [0.4, 0.5) is 0 Å². The Morgan fingerprint density at radius 1 is 1.37 bits per heavy atom. The Labute approximate surface area is 119 Å². The Balaban J connectivity index is 1.91. The van der Waals surface area contributed by atoms with Gasteiger partial charge in [0.1, 0.15) is 0 Å². The van der Waals surface area contributed by atoms with E-state index in [1.165, 1.54) is 16.8 Å². The van der Waals surface area contributed by atoms with Gasteiger partial charge in [0.2, 0.25) is 0 Å². The van der Waals surface area contributed by atoms with E-state index in [1.54, 1.807) is 11.3 Å². The van der Waals surface area contributed by atoms with Crippen LogP contribution in [-0.2, 0) is 20.0 Å². The summed E-state index contributed by atoms with van der Waals surface area (Å²) in [6, 6.07) is 2.68. The van der Waals surface area contributed by atoms with Crippen molar-refractivity contribution in [2.24, 2.45) is 7.05 Å². The van der Waals surface area contributed by atoms with Gasteiger partial charge in [-0.3, -0.25) is 4.68 Å². The maximum Gasteiger partial charge on any atom is 0.0694 e. The van der Waals surface area contributed by atoms with Gasteiger partial charge in [-0.05, 0) is 41.7 Å². The van der Waals surface area contributed by atoms with E-state index in [-0.39, 0.29) is 0 Å². The molecule has 0 radical (unpaired) electrons. The number of thiophene rings is 1. The fraction of sp³-hybridized carbons (Fsp3) is 0.533. The molecule has 4 heteroatoms. The third-order valence-corrected chi connectivity index (χ3v) is 3.98. The molecule has 2 aromatic rings. The monoisotopic (exact) mass is 277 g/mol. The first kappa shape index (κ1) is 14.3. The summed E-state index contributed by atoms with van der Waals surface area (Å²) in [5.41, 5.74) is 3.94. The SMILES string of the molecule is CC(Cc1ccsc1)NCc1cn(C)nc1C(C)C. The second-order valence-electron chi connectivity index (χ2n) is 5.49. The molecule has 1 atom stereocenters. The van der Waals surface area contributed by atoms with Crippen molar-refractivity contribution < 1.29 is 0 Å². The van der Waals surface area contributed by atoms with Gasteiger partial charge >= 0.3 is 0 Å². The molecule has 2 aromatic heterocycles. The third kappa shape index (κ3) is 3.91. The van der Waals surface area contributed by atoms with Crippen LogP contribution in [0.5, 0.6) is 0 Å².